The Kier molecular flexibility index (Phi) is 5.59. The molecule has 1 aliphatic heterocycles. The number of thioether (sulfide) groups is 1. The zero-order chi connectivity index (χ0) is 15.2. The van der Waals surface area contributed by atoms with Crippen LogP contribution in [0.4, 0.5) is 5.69 Å². The van der Waals surface area contributed by atoms with Gasteiger partial charge in [-0.2, -0.15) is 5.26 Å². The Balaban J connectivity index is 1.90. The number of nitrogens with zero attached hydrogens (tertiary/aromatic N) is 2. The van der Waals surface area contributed by atoms with Gasteiger partial charge in [-0.05, 0) is 38.0 Å². The molecule has 6 heteroatoms. The van der Waals surface area contributed by atoms with E-state index in [4.69, 9.17) is 17.5 Å². The summed E-state index contributed by atoms with van der Waals surface area (Å²) in [7, 11) is 0. The van der Waals surface area contributed by atoms with Gasteiger partial charge in [0.25, 0.3) is 0 Å². The number of nitrogens with one attached hydrogen (secondary N) is 1. The van der Waals surface area contributed by atoms with Gasteiger partial charge in [-0.3, -0.25) is 4.79 Å². The van der Waals surface area contributed by atoms with E-state index in [9.17, 15) is 4.79 Å². The number of carbonyl (C=O) groups excluding carboxylic acids is 1. The van der Waals surface area contributed by atoms with E-state index in [-0.39, 0.29) is 11.2 Å². The third-order valence-electron chi connectivity index (χ3n) is 3.27. The number of hydrogen-bond donors (Lipinski definition) is 1. The standard InChI is InChI=1S/C15H17N3OS2/c1-11(21-15(20)18-7-2-3-8-18)14(19)17-13-6-4-5-12(9-13)10-16/h4-6,9,11H,2-3,7-8H2,1H3,(H,17,19). The number of amides is 1. The third-order valence-corrected chi connectivity index (χ3v) is 4.84. The lowest BCUT2D eigenvalue weighted by atomic mass is 10.2. The summed E-state index contributed by atoms with van der Waals surface area (Å²) in [5, 5.41) is 11.4. The summed E-state index contributed by atoms with van der Waals surface area (Å²) in [6.45, 7) is 3.82. The highest BCUT2D eigenvalue weighted by molar-refractivity contribution is 8.23. The Hall–Kier alpha value is -1.58. The monoisotopic (exact) mass is 319 g/mol. The highest BCUT2D eigenvalue weighted by Crippen LogP contribution is 2.21. The lowest BCUT2D eigenvalue weighted by Crippen LogP contribution is -2.29. The van der Waals surface area contributed by atoms with Crippen molar-refractivity contribution in [3.63, 3.8) is 0 Å². The van der Waals surface area contributed by atoms with Gasteiger partial charge in [-0.25, -0.2) is 0 Å². The highest BCUT2D eigenvalue weighted by Gasteiger charge is 2.21. The van der Waals surface area contributed by atoms with Crippen molar-refractivity contribution < 1.29 is 4.79 Å². The van der Waals surface area contributed by atoms with Crippen molar-refractivity contribution in [1.29, 1.82) is 5.26 Å². The van der Waals surface area contributed by atoms with Gasteiger partial charge in [0.1, 0.15) is 4.32 Å². The highest BCUT2D eigenvalue weighted by atomic mass is 32.2. The Morgan fingerprint density at radius 3 is 2.86 bits per heavy atom. The van der Waals surface area contributed by atoms with Crippen molar-refractivity contribution in [2.45, 2.75) is 25.0 Å². The molecule has 0 bridgehead atoms. The quantitative estimate of drug-likeness (QED) is 0.868. The molecule has 0 saturated carbocycles. The van der Waals surface area contributed by atoms with E-state index >= 15 is 0 Å². The van der Waals surface area contributed by atoms with Crippen LogP contribution in [0, 0.1) is 11.3 Å². The molecule has 1 aromatic rings. The maximum atomic E-state index is 12.2. The van der Waals surface area contributed by atoms with E-state index in [0.29, 0.717) is 11.3 Å². The van der Waals surface area contributed by atoms with Gasteiger partial charge in [0.15, 0.2) is 0 Å². The molecule has 1 fully saturated rings. The van der Waals surface area contributed by atoms with E-state index < -0.39 is 0 Å². The van der Waals surface area contributed by atoms with Crippen LogP contribution in [0.1, 0.15) is 25.3 Å². The van der Waals surface area contributed by atoms with E-state index in [2.05, 4.69) is 16.3 Å². The molecule has 4 nitrogen and oxygen atoms in total. The number of thiocarbonyl (C=S) groups is 1. The predicted octanol–water partition coefficient (Wildman–Crippen LogP) is 3.00. The zero-order valence-electron chi connectivity index (χ0n) is 11.8. The van der Waals surface area contributed by atoms with Gasteiger partial charge < -0.3 is 10.2 Å². The number of carbonyl (C=O) groups is 1. The molecule has 0 aromatic heterocycles. The topological polar surface area (TPSA) is 56.1 Å². The molecule has 1 N–H and O–H groups in total. The van der Waals surface area contributed by atoms with Gasteiger partial charge >= 0.3 is 0 Å². The summed E-state index contributed by atoms with van der Waals surface area (Å²) in [5.74, 6) is -0.100. The summed E-state index contributed by atoms with van der Waals surface area (Å²) in [4.78, 5) is 14.3. The summed E-state index contributed by atoms with van der Waals surface area (Å²) in [6.07, 6.45) is 2.34. The molecule has 1 heterocycles. The summed E-state index contributed by atoms with van der Waals surface area (Å²) in [5.41, 5.74) is 1.17. The SMILES string of the molecule is CC(SC(=S)N1CCCC1)C(=O)Nc1cccc(C#N)c1. The van der Waals surface area contributed by atoms with Crippen LogP contribution >= 0.6 is 24.0 Å². The first-order valence-electron chi connectivity index (χ1n) is 6.87. The van der Waals surface area contributed by atoms with Crippen LogP contribution in [0.25, 0.3) is 0 Å². The molecule has 110 valence electrons. The maximum Gasteiger partial charge on any atom is 0.237 e. The minimum Gasteiger partial charge on any atom is -0.358 e. The molecule has 1 saturated heterocycles. The second-order valence-electron chi connectivity index (χ2n) is 4.90. The lowest BCUT2D eigenvalue weighted by molar-refractivity contribution is -0.115. The summed E-state index contributed by atoms with van der Waals surface area (Å²) >= 11 is 6.79. The lowest BCUT2D eigenvalue weighted by Gasteiger charge is -2.20. The van der Waals surface area contributed by atoms with Gasteiger partial charge in [0.05, 0.1) is 16.9 Å². The Morgan fingerprint density at radius 1 is 1.48 bits per heavy atom. The Labute approximate surface area is 134 Å². The van der Waals surface area contributed by atoms with Crippen LogP contribution in [0.5, 0.6) is 0 Å². The molecule has 21 heavy (non-hydrogen) atoms. The number of rotatable bonds is 3. The molecule has 0 radical (unpaired) electrons. The molecule has 2 rings (SSSR count). The number of hydrogen-bond acceptors (Lipinski definition) is 4. The van der Waals surface area contributed by atoms with Crippen molar-refractivity contribution in [2.75, 3.05) is 18.4 Å². The number of likely N-dealkylation sites (tertiary alicyclic amines) is 1. The van der Waals surface area contributed by atoms with Crippen LogP contribution in [0.15, 0.2) is 24.3 Å². The van der Waals surface area contributed by atoms with Crippen molar-refractivity contribution in [1.82, 2.24) is 4.90 Å². The maximum absolute atomic E-state index is 12.2. The van der Waals surface area contributed by atoms with Gasteiger partial charge in [-0.15, -0.1) is 0 Å². The third kappa shape index (κ3) is 4.45. The van der Waals surface area contributed by atoms with Crippen LogP contribution < -0.4 is 5.32 Å². The average molecular weight is 319 g/mol. The first-order chi connectivity index (χ1) is 10.1. The molecule has 1 amide bonds. The normalized spacial score (nSPS) is 15.3. The predicted molar refractivity (Wildman–Crippen MR) is 90.2 cm³/mol. The Morgan fingerprint density at radius 2 is 2.19 bits per heavy atom. The molecule has 1 atom stereocenters. The van der Waals surface area contributed by atoms with E-state index in [1.165, 1.54) is 24.6 Å². The fraction of sp³-hybridized carbons (Fsp3) is 0.400. The van der Waals surface area contributed by atoms with Crippen LogP contribution in [-0.2, 0) is 4.79 Å². The van der Waals surface area contributed by atoms with Gasteiger partial charge in [0.2, 0.25) is 5.91 Å². The van der Waals surface area contributed by atoms with Gasteiger partial charge in [0, 0.05) is 18.8 Å². The molecule has 0 spiro atoms. The van der Waals surface area contributed by atoms with Crippen molar-refractivity contribution >= 4 is 39.9 Å². The zero-order valence-corrected chi connectivity index (χ0v) is 13.5. The van der Waals surface area contributed by atoms with E-state index in [0.717, 1.165) is 17.4 Å². The number of benzene rings is 1. The van der Waals surface area contributed by atoms with Crippen molar-refractivity contribution in [3.05, 3.63) is 29.8 Å². The van der Waals surface area contributed by atoms with Crippen LogP contribution in [0.3, 0.4) is 0 Å². The van der Waals surface area contributed by atoms with Crippen LogP contribution in [-0.4, -0.2) is 33.5 Å². The largest absolute Gasteiger partial charge is 0.358 e. The smallest absolute Gasteiger partial charge is 0.237 e. The van der Waals surface area contributed by atoms with Crippen molar-refractivity contribution in [3.8, 4) is 6.07 Å². The molecular formula is C15H17N3OS2. The first kappa shape index (κ1) is 15.8. The second kappa shape index (κ2) is 7.43. The Bertz CT molecular complexity index is 577. The van der Waals surface area contributed by atoms with E-state index in [1.807, 2.05) is 6.92 Å². The van der Waals surface area contributed by atoms with E-state index in [1.54, 1.807) is 24.3 Å². The number of nitriles is 1. The summed E-state index contributed by atoms with van der Waals surface area (Å²) < 4.78 is 0.793. The first-order valence-corrected chi connectivity index (χ1v) is 8.15. The molecular weight excluding hydrogens is 302 g/mol. The number of anilines is 1. The minimum absolute atomic E-state index is 0.100. The molecule has 1 unspecified atom stereocenters. The average Bonchev–Trinajstić information content (AvgIpc) is 3.01. The minimum atomic E-state index is -0.260. The fourth-order valence-corrected chi connectivity index (χ4v) is 3.51. The molecule has 1 aliphatic rings. The van der Waals surface area contributed by atoms with Gasteiger partial charge in [-0.1, -0.05) is 30.0 Å². The summed E-state index contributed by atoms with van der Waals surface area (Å²) in [6, 6.07) is 8.94. The molecule has 0 aliphatic carbocycles. The second-order valence-corrected chi connectivity index (χ2v) is 6.88. The van der Waals surface area contributed by atoms with Crippen molar-refractivity contribution in [2.24, 2.45) is 0 Å². The fourth-order valence-electron chi connectivity index (χ4n) is 2.09. The van der Waals surface area contributed by atoms with Crippen LogP contribution in [0.2, 0.25) is 0 Å². The molecule has 1 aromatic carbocycles.